The first kappa shape index (κ1) is 18.5. The highest BCUT2D eigenvalue weighted by Crippen LogP contribution is 2.24. The third kappa shape index (κ3) is 3.58. The molecule has 1 aliphatic rings. The molecular formula is C20H27N7O. The van der Waals surface area contributed by atoms with Crippen molar-refractivity contribution in [2.24, 2.45) is 0 Å². The van der Waals surface area contributed by atoms with Crippen LogP contribution in [0.5, 0.6) is 0 Å². The molecule has 1 N–H and O–H groups in total. The van der Waals surface area contributed by atoms with Gasteiger partial charge in [-0.15, -0.1) is 0 Å². The average molecular weight is 381 g/mol. The minimum atomic E-state index is -0.0579. The summed E-state index contributed by atoms with van der Waals surface area (Å²) < 4.78 is 3.41. The molecule has 3 aromatic heterocycles. The summed E-state index contributed by atoms with van der Waals surface area (Å²) in [5, 5.41) is 12.6. The number of nitrogens with zero attached hydrogens (tertiary/aromatic N) is 6. The molecule has 8 heteroatoms. The largest absolute Gasteiger partial charge is 0.366 e. The summed E-state index contributed by atoms with van der Waals surface area (Å²) in [6.45, 7) is 7.65. The van der Waals surface area contributed by atoms with Crippen LogP contribution in [-0.4, -0.2) is 43.5 Å². The lowest BCUT2D eigenvalue weighted by Crippen LogP contribution is -2.45. The molecule has 0 spiro atoms. The first-order valence-corrected chi connectivity index (χ1v) is 9.94. The second-order valence-corrected chi connectivity index (χ2v) is 7.68. The van der Waals surface area contributed by atoms with Crippen molar-refractivity contribution < 1.29 is 0 Å². The lowest BCUT2D eigenvalue weighted by Gasteiger charge is -2.37. The van der Waals surface area contributed by atoms with Crippen molar-refractivity contribution in [3.63, 3.8) is 0 Å². The highest BCUT2D eigenvalue weighted by Gasteiger charge is 2.24. The van der Waals surface area contributed by atoms with Crippen LogP contribution in [0.25, 0.3) is 5.52 Å². The zero-order chi connectivity index (χ0) is 19.7. The summed E-state index contributed by atoms with van der Waals surface area (Å²) >= 11 is 0. The minimum Gasteiger partial charge on any atom is -0.366 e. The van der Waals surface area contributed by atoms with E-state index >= 15 is 0 Å². The van der Waals surface area contributed by atoms with Gasteiger partial charge in [0.25, 0.3) is 5.56 Å². The Balaban J connectivity index is 1.56. The van der Waals surface area contributed by atoms with Crippen LogP contribution in [-0.2, 0) is 0 Å². The number of hydrogen-bond acceptors (Lipinski definition) is 6. The zero-order valence-electron chi connectivity index (χ0n) is 16.7. The smallest absolute Gasteiger partial charge is 0.267 e. The molecule has 1 atom stereocenters. The summed E-state index contributed by atoms with van der Waals surface area (Å²) in [7, 11) is 0. The van der Waals surface area contributed by atoms with Crippen LogP contribution >= 0.6 is 0 Å². The van der Waals surface area contributed by atoms with Gasteiger partial charge in [-0.3, -0.25) is 4.79 Å². The number of rotatable bonds is 5. The van der Waals surface area contributed by atoms with Crippen LogP contribution in [0.1, 0.15) is 44.8 Å². The van der Waals surface area contributed by atoms with E-state index in [4.69, 9.17) is 0 Å². The molecule has 0 aromatic carbocycles. The number of aromatic nitrogens is 5. The molecule has 0 bridgehead atoms. The van der Waals surface area contributed by atoms with E-state index in [0.29, 0.717) is 6.04 Å². The topological polar surface area (TPSA) is 80.4 Å². The number of piperidine rings is 1. The van der Waals surface area contributed by atoms with Gasteiger partial charge in [0.05, 0.1) is 11.7 Å². The molecule has 1 saturated heterocycles. The van der Waals surface area contributed by atoms with Gasteiger partial charge in [-0.05, 0) is 52.2 Å². The maximum Gasteiger partial charge on any atom is 0.267 e. The number of nitrogens with one attached hydrogen (secondary N) is 1. The molecule has 0 amide bonds. The molecular weight excluding hydrogens is 354 g/mol. The molecule has 148 valence electrons. The van der Waals surface area contributed by atoms with Crippen LogP contribution in [0.15, 0.2) is 35.4 Å². The monoisotopic (exact) mass is 381 g/mol. The maximum absolute atomic E-state index is 12.1. The predicted molar refractivity (Wildman–Crippen MR) is 110 cm³/mol. The van der Waals surface area contributed by atoms with Crippen LogP contribution in [0.4, 0.5) is 11.6 Å². The lowest BCUT2D eigenvalue weighted by atomic mass is 10.0. The van der Waals surface area contributed by atoms with Crippen molar-refractivity contribution in [3.8, 4) is 0 Å². The zero-order valence-corrected chi connectivity index (χ0v) is 16.7. The molecule has 28 heavy (non-hydrogen) atoms. The van der Waals surface area contributed by atoms with Gasteiger partial charge in [0.15, 0.2) is 5.82 Å². The van der Waals surface area contributed by atoms with Gasteiger partial charge in [0.1, 0.15) is 11.3 Å². The Kier molecular flexibility index (Phi) is 5.02. The van der Waals surface area contributed by atoms with Gasteiger partial charge in [0, 0.05) is 37.6 Å². The van der Waals surface area contributed by atoms with E-state index in [-0.39, 0.29) is 11.6 Å². The molecule has 1 fully saturated rings. The van der Waals surface area contributed by atoms with Crippen LogP contribution in [0, 0.1) is 6.92 Å². The molecule has 0 saturated carbocycles. The molecule has 8 nitrogen and oxygen atoms in total. The van der Waals surface area contributed by atoms with Crippen LogP contribution < -0.4 is 15.8 Å². The van der Waals surface area contributed by atoms with E-state index in [1.807, 2.05) is 43.6 Å². The third-order valence-electron chi connectivity index (χ3n) is 5.24. The first-order chi connectivity index (χ1) is 13.5. The Bertz CT molecular complexity index is 1020. The highest BCUT2D eigenvalue weighted by molar-refractivity contribution is 5.67. The fourth-order valence-electron chi connectivity index (χ4n) is 3.85. The SMILES string of the molecule is Cc1cc2c(NCC3CCCCN3c3ccc(=O)n(C(C)C)n3)nccn2n1. The molecule has 3 aromatic rings. The van der Waals surface area contributed by atoms with Gasteiger partial charge in [-0.25, -0.2) is 14.2 Å². The summed E-state index contributed by atoms with van der Waals surface area (Å²) in [6, 6.07) is 5.84. The number of hydrogen-bond donors (Lipinski definition) is 1. The van der Waals surface area contributed by atoms with Gasteiger partial charge < -0.3 is 10.2 Å². The lowest BCUT2D eigenvalue weighted by molar-refractivity contribution is 0.451. The Labute approximate surface area is 164 Å². The fraction of sp³-hybridized carbons (Fsp3) is 0.500. The summed E-state index contributed by atoms with van der Waals surface area (Å²) in [4.78, 5) is 18.9. The van der Waals surface area contributed by atoms with Crippen molar-refractivity contribution in [1.82, 2.24) is 24.4 Å². The second kappa shape index (κ2) is 7.61. The predicted octanol–water partition coefficient (Wildman–Crippen LogP) is 2.65. The van der Waals surface area contributed by atoms with Crippen molar-refractivity contribution in [3.05, 3.63) is 46.6 Å². The fourth-order valence-corrected chi connectivity index (χ4v) is 3.85. The van der Waals surface area contributed by atoms with Gasteiger partial charge >= 0.3 is 0 Å². The number of fused-ring (bicyclic) bond motifs is 1. The van der Waals surface area contributed by atoms with Crippen LogP contribution in [0.3, 0.4) is 0 Å². The molecule has 0 radical (unpaired) electrons. The van der Waals surface area contributed by atoms with E-state index < -0.39 is 0 Å². The summed E-state index contributed by atoms with van der Waals surface area (Å²) in [5.74, 6) is 1.71. The highest BCUT2D eigenvalue weighted by atomic mass is 16.1. The Hall–Kier alpha value is -2.90. The van der Waals surface area contributed by atoms with Crippen molar-refractivity contribution >= 4 is 17.2 Å². The third-order valence-corrected chi connectivity index (χ3v) is 5.24. The van der Waals surface area contributed by atoms with Crippen molar-refractivity contribution in [2.75, 3.05) is 23.3 Å². The van der Waals surface area contributed by atoms with E-state index in [9.17, 15) is 4.79 Å². The number of anilines is 2. The molecule has 4 heterocycles. The van der Waals surface area contributed by atoms with Crippen molar-refractivity contribution in [2.45, 2.75) is 52.1 Å². The first-order valence-electron chi connectivity index (χ1n) is 9.94. The van der Waals surface area contributed by atoms with Gasteiger partial charge in [0.2, 0.25) is 0 Å². The average Bonchev–Trinajstić information content (AvgIpc) is 3.07. The van der Waals surface area contributed by atoms with Gasteiger partial charge in [-0.1, -0.05) is 0 Å². The van der Waals surface area contributed by atoms with Gasteiger partial charge in [-0.2, -0.15) is 10.2 Å². The second-order valence-electron chi connectivity index (χ2n) is 7.68. The standard InChI is InChI=1S/C20H27N7O/c1-14(2)27-19(28)8-7-18(24-27)25-10-5-4-6-16(25)13-22-20-17-12-15(3)23-26(17)11-9-21-20/h7-9,11-12,14,16H,4-6,10,13H2,1-3H3,(H,21,22). The Morgan fingerprint density at radius 2 is 2.11 bits per heavy atom. The van der Waals surface area contributed by atoms with E-state index in [2.05, 4.69) is 25.4 Å². The number of aryl methyl sites for hydroxylation is 1. The summed E-state index contributed by atoms with van der Waals surface area (Å²) in [6.07, 6.45) is 7.03. The molecule has 1 aliphatic heterocycles. The molecule has 0 aliphatic carbocycles. The Morgan fingerprint density at radius 3 is 2.93 bits per heavy atom. The minimum absolute atomic E-state index is 0.0423. The summed E-state index contributed by atoms with van der Waals surface area (Å²) in [5.41, 5.74) is 1.89. The quantitative estimate of drug-likeness (QED) is 0.732. The molecule has 1 unspecified atom stereocenters. The van der Waals surface area contributed by atoms with E-state index in [1.165, 1.54) is 6.42 Å². The molecule has 4 rings (SSSR count). The Morgan fingerprint density at radius 1 is 1.25 bits per heavy atom. The maximum atomic E-state index is 12.1. The van der Waals surface area contributed by atoms with E-state index in [1.54, 1.807) is 16.9 Å². The van der Waals surface area contributed by atoms with E-state index in [0.717, 1.165) is 48.8 Å². The van der Waals surface area contributed by atoms with Crippen molar-refractivity contribution in [1.29, 1.82) is 0 Å². The van der Waals surface area contributed by atoms with Crippen LogP contribution in [0.2, 0.25) is 0 Å². The normalized spacial score (nSPS) is 17.4.